The topological polar surface area (TPSA) is 70.7 Å². The number of rotatable bonds is 5. The van der Waals surface area contributed by atoms with Crippen LogP contribution < -0.4 is 16.0 Å². The first-order valence-electron chi connectivity index (χ1n) is 7.11. The van der Waals surface area contributed by atoms with Crippen LogP contribution in [0.25, 0.3) is 0 Å². The van der Waals surface area contributed by atoms with E-state index in [4.69, 9.17) is 5.73 Å². The fraction of sp³-hybridized carbons (Fsp3) is 0.375. The molecule has 0 saturated carbocycles. The first-order chi connectivity index (χ1) is 10.0. The molecule has 0 atom stereocenters. The van der Waals surface area contributed by atoms with Gasteiger partial charge in [0.15, 0.2) is 5.96 Å². The van der Waals surface area contributed by atoms with E-state index in [1.165, 1.54) is 0 Å². The summed E-state index contributed by atoms with van der Waals surface area (Å²) < 4.78 is 0. The predicted octanol–water partition coefficient (Wildman–Crippen LogP) is 2.46. The number of para-hydroxylation sites is 1. The van der Waals surface area contributed by atoms with E-state index in [1.807, 2.05) is 18.2 Å². The average Bonchev–Trinajstić information content (AvgIpc) is 2.51. The third-order valence-electron chi connectivity index (χ3n) is 3.23. The van der Waals surface area contributed by atoms with Gasteiger partial charge in [-0.15, -0.1) is 6.58 Å². The van der Waals surface area contributed by atoms with Crippen molar-refractivity contribution in [3.8, 4) is 0 Å². The molecule has 2 amide bonds. The molecule has 0 bridgehead atoms. The third-order valence-corrected chi connectivity index (χ3v) is 3.23. The molecule has 21 heavy (non-hydrogen) atoms. The second-order valence-electron chi connectivity index (χ2n) is 4.64. The number of hydrogen-bond donors (Lipinski definition) is 2. The molecule has 0 aliphatic carbocycles. The van der Waals surface area contributed by atoms with E-state index >= 15 is 0 Å². The lowest BCUT2D eigenvalue weighted by Gasteiger charge is -2.23. The molecule has 0 aliphatic rings. The first-order valence-corrected chi connectivity index (χ1v) is 7.11. The summed E-state index contributed by atoms with van der Waals surface area (Å²) in [4.78, 5) is 17.8. The second-order valence-corrected chi connectivity index (χ2v) is 4.64. The highest BCUT2D eigenvalue weighted by Gasteiger charge is 2.17. The van der Waals surface area contributed by atoms with E-state index in [0.717, 1.165) is 29.7 Å². The first kappa shape index (κ1) is 16.8. The predicted molar refractivity (Wildman–Crippen MR) is 88.8 cm³/mol. The van der Waals surface area contributed by atoms with Crippen molar-refractivity contribution in [1.29, 1.82) is 0 Å². The van der Waals surface area contributed by atoms with Crippen molar-refractivity contribution < 1.29 is 4.79 Å². The number of aliphatic imine (C=N–C) groups is 1. The van der Waals surface area contributed by atoms with Crippen molar-refractivity contribution in [2.45, 2.75) is 26.7 Å². The summed E-state index contributed by atoms with van der Waals surface area (Å²) in [5.74, 6) is 0.0961. The zero-order valence-corrected chi connectivity index (χ0v) is 13.0. The fourth-order valence-corrected chi connectivity index (χ4v) is 2.14. The molecule has 0 spiro atoms. The van der Waals surface area contributed by atoms with Gasteiger partial charge in [0, 0.05) is 7.05 Å². The summed E-state index contributed by atoms with van der Waals surface area (Å²) in [5, 5.41) is 2.58. The van der Waals surface area contributed by atoms with Crippen LogP contribution in [0.3, 0.4) is 0 Å². The van der Waals surface area contributed by atoms with Gasteiger partial charge in [-0.25, -0.2) is 9.79 Å². The molecule has 0 unspecified atom stereocenters. The summed E-state index contributed by atoms with van der Waals surface area (Å²) in [6.07, 6.45) is 3.34. The van der Waals surface area contributed by atoms with E-state index in [2.05, 4.69) is 30.7 Å². The van der Waals surface area contributed by atoms with Crippen LogP contribution in [0.4, 0.5) is 10.5 Å². The second kappa shape index (κ2) is 8.09. The zero-order valence-electron chi connectivity index (χ0n) is 13.0. The minimum atomic E-state index is -0.295. The number of nitrogens with two attached hydrogens (primary N) is 1. The van der Waals surface area contributed by atoms with Gasteiger partial charge in [-0.2, -0.15) is 0 Å². The molecule has 1 rings (SSSR count). The molecule has 0 saturated heterocycles. The Morgan fingerprint density at radius 2 is 1.95 bits per heavy atom. The largest absolute Gasteiger partial charge is 0.370 e. The molecule has 3 N–H and O–H groups in total. The highest BCUT2D eigenvalue weighted by atomic mass is 16.2. The van der Waals surface area contributed by atoms with E-state index in [9.17, 15) is 4.79 Å². The van der Waals surface area contributed by atoms with Gasteiger partial charge in [-0.1, -0.05) is 38.1 Å². The lowest BCUT2D eigenvalue weighted by atomic mass is 10.0. The molecule has 0 aromatic heterocycles. The van der Waals surface area contributed by atoms with Crippen molar-refractivity contribution in [3.63, 3.8) is 0 Å². The highest BCUT2D eigenvalue weighted by Crippen LogP contribution is 2.26. The standard InChI is InChI=1S/C16H24N4O/c1-5-11-18-15(17)19-16(21)20(4)14-12(6-2)9-8-10-13(14)7-3/h5,8-10H,1,6-7,11H2,2-4H3,(H3,17,18,19,21). The number of nitrogens with zero attached hydrogens (tertiary/aromatic N) is 2. The van der Waals surface area contributed by atoms with E-state index in [1.54, 1.807) is 18.0 Å². The van der Waals surface area contributed by atoms with Crippen LogP contribution in [0.15, 0.2) is 35.8 Å². The van der Waals surface area contributed by atoms with E-state index in [-0.39, 0.29) is 12.0 Å². The third kappa shape index (κ3) is 4.34. The summed E-state index contributed by atoms with van der Waals surface area (Å²) in [7, 11) is 1.74. The number of anilines is 1. The van der Waals surface area contributed by atoms with Crippen molar-refractivity contribution in [3.05, 3.63) is 42.0 Å². The Morgan fingerprint density at radius 3 is 2.43 bits per heavy atom. The lowest BCUT2D eigenvalue weighted by molar-refractivity contribution is 0.251. The van der Waals surface area contributed by atoms with Gasteiger partial charge < -0.3 is 5.73 Å². The van der Waals surface area contributed by atoms with Crippen LogP contribution in [0.5, 0.6) is 0 Å². The number of carbonyl (C=O) groups is 1. The van der Waals surface area contributed by atoms with E-state index < -0.39 is 0 Å². The normalized spacial score (nSPS) is 11.1. The molecule has 0 fully saturated rings. The number of nitrogens with one attached hydrogen (secondary N) is 1. The van der Waals surface area contributed by atoms with E-state index in [0.29, 0.717) is 6.54 Å². The van der Waals surface area contributed by atoms with Crippen LogP contribution in [0.1, 0.15) is 25.0 Å². The Hall–Kier alpha value is -2.30. The molecular formula is C16H24N4O. The number of aryl methyl sites for hydroxylation is 2. The van der Waals surface area contributed by atoms with Crippen molar-refractivity contribution in [2.75, 3.05) is 18.5 Å². The van der Waals surface area contributed by atoms with Crippen molar-refractivity contribution >= 4 is 17.7 Å². The van der Waals surface area contributed by atoms with Gasteiger partial charge in [0.05, 0.1) is 12.2 Å². The molecule has 5 heteroatoms. The molecule has 0 aliphatic heterocycles. The molecular weight excluding hydrogens is 264 g/mol. The minimum Gasteiger partial charge on any atom is -0.370 e. The van der Waals surface area contributed by atoms with Gasteiger partial charge in [0.2, 0.25) is 0 Å². The molecule has 1 aromatic carbocycles. The summed E-state index contributed by atoms with van der Waals surface area (Å²) in [6.45, 7) is 8.08. The average molecular weight is 288 g/mol. The summed E-state index contributed by atoms with van der Waals surface area (Å²) >= 11 is 0. The van der Waals surface area contributed by atoms with Gasteiger partial charge in [-0.3, -0.25) is 10.2 Å². The molecule has 0 radical (unpaired) electrons. The van der Waals surface area contributed by atoms with Gasteiger partial charge in [0.25, 0.3) is 0 Å². The quantitative estimate of drug-likeness (QED) is 0.496. The highest BCUT2D eigenvalue weighted by molar-refractivity contribution is 6.03. The summed E-state index contributed by atoms with van der Waals surface area (Å²) in [5.41, 5.74) is 8.87. The minimum absolute atomic E-state index is 0.0961. The molecule has 0 heterocycles. The van der Waals surface area contributed by atoms with Gasteiger partial charge in [0.1, 0.15) is 0 Å². The van der Waals surface area contributed by atoms with Gasteiger partial charge in [-0.05, 0) is 24.0 Å². The maximum atomic E-state index is 12.3. The molecule has 114 valence electrons. The SMILES string of the molecule is C=CCN=C(N)NC(=O)N(C)c1c(CC)cccc1CC. The number of guanidine groups is 1. The van der Waals surface area contributed by atoms with Crippen LogP contribution in [-0.4, -0.2) is 25.6 Å². The number of urea groups is 1. The fourth-order valence-electron chi connectivity index (χ4n) is 2.14. The Bertz CT molecular complexity index is 515. The number of hydrogen-bond acceptors (Lipinski definition) is 2. The van der Waals surface area contributed by atoms with Crippen molar-refractivity contribution in [2.24, 2.45) is 10.7 Å². The lowest BCUT2D eigenvalue weighted by Crippen LogP contribution is -2.45. The monoisotopic (exact) mass is 288 g/mol. The number of amides is 2. The molecule has 5 nitrogen and oxygen atoms in total. The maximum Gasteiger partial charge on any atom is 0.328 e. The maximum absolute atomic E-state index is 12.3. The Balaban J connectivity index is 2.99. The smallest absolute Gasteiger partial charge is 0.328 e. The zero-order chi connectivity index (χ0) is 15.8. The Morgan fingerprint density at radius 1 is 1.38 bits per heavy atom. The molecule has 1 aromatic rings. The Labute approximate surface area is 126 Å². The van der Waals surface area contributed by atoms with Crippen LogP contribution in [0, 0.1) is 0 Å². The van der Waals surface area contributed by atoms with Crippen LogP contribution in [0.2, 0.25) is 0 Å². The van der Waals surface area contributed by atoms with Gasteiger partial charge >= 0.3 is 6.03 Å². The Kier molecular flexibility index (Phi) is 6.46. The van der Waals surface area contributed by atoms with Crippen LogP contribution >= 0.6 is 0 Å². The van der Waals surface area contributed by atoms with Crippen molar-refractivity contribution in [1.82, 2.24) is 5.32 Å². The number of carbonyl (C=O) groups excluding carboxylic acids is 1. The van der Waals surface area contributed by atoms with Crippen LogP contribution in [-0.2, 0) is 12.8 Å². The summed E-state index contributed by atoms with van der Waals surface area (Å²) in [6, 6.07) is 5.80. The number of benzene rings is 1.